The molecule has 0 aliphatic heterocycles. The van der Waals surface area contributed by atoms with Crippen molar-refractivity contribution in [3.8, 4) is 0 Å². The molecule has 0 saturated carbocycles. The minimum Gasteiger partial charge on any atom is -0.432 e. The Morgan fingerprint density at radius 1 is 1.46 bits per heavy atom. The van der Waals surface area contributed by atoms with E-state index < -0.39 is 0 Å². The third-order valence-corrected chi connectivity index (χ3v) is 1.51. The van der Waals surface area contributed by atoms with Crippen LogP contribution >= 0.6 is 0 Å². The molecule has 0 amide bonds. The summed E-state index contributed by atoms with van der Waals surface area (Å²) in [6, 6.07) is 0. The van der Waals surface area contributed by atoms with E-state index in [2.05, 4.69) is 32.1 Å². The van der Waals surface area contributed by atoms with Gasteiger partial charge in [-0.3, -0.25) is 0 Å². The molecule has 0 unspecified atom stereocenters. The van der Waals surface area contributed by atoms with Crippen LogP contribution in [0.5, 0.6) is 0 Å². The Balaban J connectivity index is 3.64. The topological polar surface area (TPSA) is 26.3 Å². The van der Waals surface area contributed by atoms with E-state index in [1.807, 2.05) is 6.08 Å². The summed E-state index contributed by atoms with van der Waals surface area (Å²) in [5.41, 5.74) is 0.312. The van der Waals surface area contributed by atoms with E-state index >= 15 is 0 Å². The summed E-state index contributed by atoms with van der Waals surface area (Å²) in [6.07, 6.45) is 6.36. The van der Waals surface area contributed by atoms with Gasteiger partial charge >= 0.3 is 5.97 Å². The SMILES string of the molecule is C=COC(=O)C=CCCC(C)(C)C. The predicted molar refractivity (Wildman–Crippen MR) is 54.1 cm³/mol. The van der Waals surface area contributed by atoms with Crippen LogP contribution in [-0.4, -0.2) is 5.97 Å². The molecule has 0 atom stereocenters. The van der Waals surface area contributed by atoms with Gasteiger partial charge < -0.3 is 4.74 Å². The maximum atomic E-state index is 10.8. The Hall–Kier alpha value is -1.05. The summed E-state index contributed by atoms with van der Waals surface area (Å²) < 4.78 is 4.51. The molecular formula is C11H18O2. The van der Waals surface area contributed by atoms with Gasteiger partial charge in [-0.2, -0.15) is 0 Å². The van der Waals surface area contributed by atoms with Crippen LogP contribution in [0.3, 0.4) is 0 Å². The monoisotopic (exact) mass is 182 g/mol. The number of carbonyl (C=O) groups is 1. The summed E-state index contributed by atoms with van der Waals surface area (Å²) in [7, 11) is 0. The fourth-order valence-corrected chi connectivity index (χ4v) is 0.817. The van der Waals surface area contributed by atoms with Gasteiger partial charge in [0.1, 0.15) is 0 Å². The van der Waals surface area contributed by atoms with Crippen LogP contribution in [0.4, 0.5) is 0 Å². The van der Waals surface area contributed by atoms with E-state index in [9.17, 15) is 4.79 Å². The number of hydrogen-bond acceptors (Lipinski definition) is 2. The van der Waals surface area contributed by atoms with E-state index in [-0.39, 0.29) is 5.97 Å². The zero-order valence-corrected chi connectivity index (χ0v) is 8.67. The Morgan fingerprint density at radius 2 is 2.08 bits per heavy atom. The van der Waals surface area contributed by atoms with Gasteiger partial charge in [-0.25, -0.2) is 4.79 Å². The lowest BCUT2D eigenvalue weighted by molar-refractivity contribution is -0.132. The van der Waals surface area contributed by atoms with E-state index in [4.69, 9.17) is 0 Å². The number of carbonyl (C=O) groups excluding carboxylic acids is 1. The van der Waals surface area contributed by atoms with E-state index in [0.29, 0.717) is 5.41 Å². The minimum absolute atomic E-state index is 0.312. The number of allylic oxidation sites excluding steroid dienone is 1. The summed E-state index contributed by atoms with van der Waals surface area (Å²) in [5.74, 6) is -0.357. The third-order valence-electron chi connectivity index (χ3n) is 1.51. The summed E-state index contributed by atoms with van der Waals surface area (Å²) in [5, 5.41) is 0. The highest BCUT2D eigenvalue weighted by molar-refractivity contribution is 5.82. The Morgan fingerprint density at radius 3 is 2.54 bits per heavy atom. The maximum absolute atomic E-state index is 10.8. The highest BCUT2D eigenvalue weighted by Gasteiger charge is 2.07. The van der Waals surface area contributed by atoms with Crippen LogP contribution in [-0.2, 0) is 9.53 Å². The van der Waals surface area contributed by atoms with Gasteiger partial charge in [0.15, 0.2) is 0 Å². The predicted octanol–water partition coefficient (Wildman–Crippen LogP) is 3.06. The quantitative estimate of drug-likeness (QED) is 0.379. The van der Waals surface area contributed by atoms with Crippen molar-refractivity contribution in [2.24, 2.45) is 5.41 Å². The maximum Gasteiger partial charge on any atom is 0.335 e. The van der Waals surface area contributed by atoms with Crippen molar-refractivity contribution < 1.29 is 9.53 Å². The van der Waals surface area contributed by atoms with Crippen LogP contribution in [0.25, 0.3) is 0 Å². The first-order valence-corrected chi connectivity index (χ1v) is 4.44. The number of esters is 1. The van der Waals surface area contributed by atoms with Gasteiger partial charge in [0.2, 0.25) is 0 Å². The lowest BCUT2D eigenvalue weighted by Gasteiger charge is -2.15. The molecule has 0 aromatic carbocycles. The van der Waals surface area contributed by atoms with E-state index in [0.717, 1.165) is 19.1 Å². The molecule has 0 bridgehead atoms. The standard InChI is InChI=1S/C11H18O2/c1-5-13-10(12)8-6-7-9-11(2,3)4/h5-6,8H,1,7,9H2,2-4H3. The van der Waals surface area contributed by atoms with E-state index in [1.165, 1.54) is 6.08 Å². The molecule has 13 heavy (non-hydrogen) atoms. The summed E-state index contributed by atoms with van der Waals surface area (Å²) >= 11 is 0. The van der Waals surface area contributed by atoms with Crippen molar-refractivity contribution in [3.05, 3.63) is 25.0 Å². The second kappa shape index (κ2) is 5.57. The van der Waals surface area contributed by atoms with Crippen molar-refractivity contribution in [2.75, 3.05) is 0 Å². The first kappa shape index (κ1) is 11.9. The van der Waals surface area contributed by atoms with Crippen molar-refractivity contribution in [1.82, 2.24) is 0 Å². The normalized spacial score (nSPS) is 11.6. The molecule has 0 radical (unpaired) electrons. The molecule has 0 aliphatic carbocycles. The molecule has 0 aromatic heterocycles. The van der Waals surface area contributed by atoms with Gasteiger partial charge in [-0.15, -0.1) is 0 Å². The molecule has 2 nitrogen and oxygen atoms in total. The van der Waals surface area contributed by atoms with Crippen LogP contribution in [0.2, 0.25) is 0 Å². The fraction of sp³-hybridized carbons (Fsp3) is 0.545. The summed E-state index contributed by atoms with van der Waals surface area (Å²) in [6.45, 7) is 9.80. The van der Waals surface area contributed by atoms with E-state index in [1.54, 1.807) is 0 Å². The second-order valence-corrected chi connectivity index (χ2v) is 4.11. The average molecular weight is 182 g/mol. The Kier molecular flexibility index (Phi) is 5.12. The number of rotatable bonds is 4. The molecule has 0 fully saturated rings. The molecule has 0 spiro atoms. The molecule has 0 aliphatic rings. The molecule has 0 saturated heterocycles. The number of ether oxygens (including phenoxy) is 1. The van der Waals surface area contributed by atoms with Crippen molar-refractivity contribution in [1.29, 1.82) is 0 Å². The Labute approximate surface area is 80.3 Å². The molecular weight excluding hydrogens is 164 g/mol. The summed E-state index contributed by atoms with van der Waals surface area (Å²) in [4.78, 5) is 10.8. The first-order valence-electron chi connectivity index (χ1n) is 4.44. The third kappa shape index (κ3) is 8.86. The lowest BCUT2D eigenvalue weighted by Crippen LogP contribution is -2.03. The lowest BCUT2D eigenvalue weighted by atomic mass is 9.90. The first-order chi connectivity index (χ1) is 5.95. The van der Waals surface area contributed by atoms with Crippen LogP contribution in [0, 0.1) is 5.41 Å². The smallest absolute Gasteiger partial charge is 0.335 e. The van der Waals surface area contributed by atoms with Crippen LogP contribution in [0.15, 0.2) is 25.0 Å². The van der Waals surface area contributed by atoms with Gasteiger partial charge in [0.05, 0.1) is 6.26 Å². The zero-order chi connectivity index (χ0) is 10.3. The highest BCUT2D eigenvalue weighted by Crippen LogP contribution is 2.20. The van der Waals surface area contributed by atoms with Crippen molar-refractivity contribution >= 4 is 5.97 Å². The van der Waals surface area contributed by atoms with Gasteiger partial charge in [0, 0.05) is 6.08 Å². The zero-order valence-electron chi connectivity index (χ0n) is 8.67. The van der Waals surface area contributed by atoms with Gasteiger partial charge in [0.25, 0.3) is 0 Å². The van der Waals surface area contributed by atoms with Crippen LogP contribution in [0.1, 0.15) is 33.6 Å². The molecule has 2 heteroatoms. The van der Waals surface area contributed by atoms with Crippen molar-refractivity contribution in [2.45, 2.75) is 33.6 Å². The second-order valence-electron chi connectivity index (χ2n) is 4.11. The number of hydrogen-bond donors (Lipinski definition) is 0. The molecule has 0 N–H and O–H groups in total. The largest absolute Gasteiger partial charge is 0.432 e. The van der Waals surface area contributed by atoms with Crippen LogP contribution < -0.4 is 0 Å². The molecule has 0 rings (SSSR count). The molecule has 74 valence electrons. The Bertz CT molecular complexity index is 197. The van der Waals surface area contributed by atoms with Gasteiger partial charge in [-0.05, 0) is 18.3 Å². The van der Waals surface area contributed by atoms with Crippen molar-refractivity contribution in [3.63, 3.8) is 0 Å². The highest BCUT2D eigenvalue weighted by atomic mass is 16.5. The van der Waals surface area contributed by atoms with Gasteiger partial charge in [-0.1, -0.05) is 33.4 Å². The molecule has 0 aromatic rings. The fourth-order valence-electron chi connectivity index (χ4n) is 0.817. The minimum atomic E-state index is -0.357. The average Bonchev–Trinajstić information content (AvgIpc) is 1.97. The molecule has 0 heterocycles.